The second kappa shape index (κ2) is 5.12. The fourth-order valence-electron chi connectivity index (χ4n) is 2.72. The van der Waals surface area contributed by atoms with E-state index in [9.17, 15) is 8.78 Å². The van der Waals surface area contributed by atoms with E-state index in [1.807, 2.05) is 18.2 Å². The molecule has 2 nitrogen and oxygen atoms in total. The first-order valence-electron chi connectivity index (χ1n) is 6.71. The van der Waals surface area contributed by atoms with Gasteiger partial charge in [-0.1, -0.05) is 6.07 Å². The predicted octanol–water partition coefficient (Wildman–Crippen LogP) is 3.50. The van der Waals surface area contributed by atoms with Crippen LogP contribution < -0.4 is 10.6 Å². The molecule has 0 atom stereocenters. The lowest BCUT2D eigenvalue weighted by molar-refractivity contribution is 0.506. The van der Waals surface area contributed by atoms with E-state index >= 15 is 0 Å². The molecule has 0 saturated heterocycles. The summed E-state index contributed by atoms with van der Waals surface area (Å²) in [5.41, 5.74) is 9.70. The summed E-state index contributed by atoms with van der Waals surface area (Å²) in [5, 5.41) is 0. The van der Waals surface area contributed by atoms with E-state index in [1.54, 1.807) is 6.07 Å². The summed E-state index contributed by atoms with van der Waals surface area (Å²) in [6.45, 7) is 1.49. The lowest BCUT2D eigenvalue weighted by atomic mass is 10.0. The van der Waals surface area contributed by atoms with Crippen molar-refractivity contribution in [3.8, 4) is 0 Å². The lowest BCUT2D eigenvalue weighted by Crippen LogP contribution is -2.28. The Morgan fingerprint density at radius 1 is 1.05 bits per heavy atom. The van der Waals surface area contributed by atoms with E-state index in [-0.39, 0.29) is 0 Å². The Kier molecular flexibility index (Phi) is 3.30. The van der Waals surface area contributed by atoms with Gasteiger partial charge in [0.2, 0.25) is 0 Å². The number of halogens is 2. The van der Waals surface area contributed by atoms with Crippen molar-refractivity contribution in [2.75, 3.05) is 17.2 Å². The van der Waals surface area contributed by atoms with Crippen molar-refractivity contribution in [3.05, 3.63) is 59.2 Å². The summed E-state index contributed by atoms with van der Waals surface area (Å²) in [4.78, 5) is 2.19. The highest BCUT2D eigenvalue weighted by Crippen LogP contribution is 2.30. The largest absolute Gasteiger partial charge is 0.399 e. The highest BCUT2D eigenvalue weighted by molar-refractivity contribution is 5.61. The molecule has 0 amide bonds. The number of fused-ring (bicyclic) bond motifs is 1. The molecule has 0 unspecified atom stereocenters. The molecule has 2 N–H and O–H groups in total. The van der Waals surface area contributed by atoms with Crippen molar-refractivity contribution in [2.24, 2.45) is 0 Å². The molecule has 0 spiro atoms. The Morgan fingerprint density at radius 2 is 1.90 bits per heavy atom. The van der Waals surface area contributed by atoms with Gasteiger partial charge in [-0.15, -0.1) is 0 Å². The molecule has 1 aliphatic rings. The summed E-state index contributed by atoms with van der Waals surface area (Å²) in [7, 11) is 0. The summed E-state index contributed by atoms with van der Waals surface area (Å²) in [5.74, 6) is -1.60. The van der Waals surface area contributed by atoms with Gasteiger partial charge in [-0.3, -0.25) is 0 Å². The Bertz CT molecular complexity index is 640. The molecule has 0 fully saturated rings. The van der Waals surface area contributed by atoms with Gasteiger partial charge in [-0.25, -0.2) is 8.78 Å². The number of anilines is 2. The van der Waals surface area contributed by atoms with Crippen molar-refractivity contribution in [1.82, 2.24) is 0 Å². The molecular weight excluding hydrogens is 258 g/mol. The van der Waals surface area contributed by atoms with Gasteiger partial charge in [0.15, 0.2) is 11.6 Å². The summed E-state index contributed by atoms with van der Waals surface area (Å²) >= 11 is 0. The molecule has 1 heterocycles. The van der Waals surface area contributed by atoms with Gasteiger partial charge in [0.25, 0.3) is 0 Å². The lowest BCUT2D eigenvalue weighted by Gasteiger charge is -2.31. The SMILES string of the molecule is Nc1ccc2c(c1)CCCN2Cc1ccc(F)c(F)c1. The van der Waals surface area contributed by atoms with Gasteiger partial charge in [0.1, 0.15) is 0 Å². The Labute approximate surface area is 116 Å². The average Bonchev–Trinajstić information content (AvgIpc) is 2.43. The predicted molar refractivity (Wildman–Crippen MR) is 76.6 cm³/mol. The van der Waals surface area contributed by atoms with E-state index in [4.69, 9.17) is 5.73 Å². The van der Waals surface area contributed by atoms with Gasteiger partial charge in [-0.2, -0.15) is 0 Å². The fraction of sp³-hybridized carbons (Fsp3) is 0.250. The third-order valence-corrected chi connectivity index (χ3v) is 3.68. The molecule has 0 aliphatic carbocycles. The van der Waals surface area contributed by atoms with Crippen LogP contribution >= 0.6 is 0 Å². The maximum Gasteiger partial charge on any atom is 0.159 e. The van der Waals surface area contributed by atoms with Crippen LogP contribution in [0.4, 0.5) is 20.2 Å². The Hall–Kier alpha value is -2.10. The van der Waals surface area contributed by atoms with Crippen LogP contribution in [-0.2, 0) is 13.0 Å². The summed E-state index contributed by atoms with van der Waals surface area (Å²) < 4.78 is 26.2. The number of rotatable bonds is 2. The van der Waals surface area contributed by atoms with Crippen molar-refractivity contribution in [3.63, 3.8) is 0 Å². The number of nitrogens with two attached hydrogens (primary N) is 1. The van der Waals surface area contributed by atoms with Crippen molar-refractivity contribution >= 4 is 11.4 Å². The van der Waals surface area contributed by atoms with E-state index < -0.39 is 11.6 Å². The van der Waals surface area contributed by atoms with E-state index in [0.717, 1.165) is 36.3 Å². The Balaban J connectivity index is 1.87. The maximum absolute atomic E-state index is 13.3. The van der Waals surface area contributed by atoms with Crippen LogP contribution in [0.25, 0.3) is 0 Å². The zero-order chi connectivity index (χ0) is 14.1. The minimum atomic E-state index is -0.805. The monoisotopic (exact) mass is 274 g/mol. The van der Waals surface area contributed by atoms with E-state index in [0.29, 0.717) is 6.54 Å². The van der Waals surface area contributed by atoms with E-state index in [2.05, 4.69) is 4.90 Å². The number of nitrogens with zero attached hydrogens (tertiary/aromatic N) is 1. The first kappa shape index (κ1) is 12.9. The van der Waals surface area contributed by atoms with Crippen molar-refractivity contribution in [2.45, 2.75) is 19.4 Å². The van der Waals surface area contributed by atoms with Crippen LogP contribution in [0, 0.1) is 11.6 Å². The van der Waals surface area contributed by atoms with Gasteiger partial charge in [0, 0.05) is 24.5 Å². The van der Waals surface area contributed by atoms with Gasteiger partial charge >= 0.3 is 0 Å². The van der Waals surface area contributed by atoms with E-state index in [1.165, 1.54) is 17.7 Å². The highest BCUT2D eigenvalue weighted by Gasteiger charge is 2.17. The smallest absolute Gasteiger partial charge is 0.159 e. The summed E-state index contributed by atoms with van der Waals surface area (Å²) in [6.07, 6.45) is 2.05. The molecule has 0 bridgehead atoms. The van der Waals surface area contributed by atoms with Crippen LogP contribution in [0.5, 0.6) is 0 Å². The minimum absolute atomic E-state index is 0.577. The number of hydrogen-bond donors (Lipinski definition) is 1. The molecular formula is C16H16F2N2. The average molecular weight is 274 g/mol. The number of hydrogen-bond acceptors (Lipinski definition) is 2. The zero-order valence-electron chi connectivity index (χ0n) is 11.1. The number of aryl methyl sites for hydroxylation is 1. The molecule has 2 aromatic rings. The fourth-order valence-corrected chi connectivity index (χ4v) is 2.72. The normalized spacial score (nSPS) is 14.2. The third-order valence-electron chi connectivity index (χ3n) is 3.68. The molecule has 1 aliphatic heterocycles. The second-order valence-electron chi connectivity index (χ2n) is 5.16. The second-order valence-corrected chi connectivity index (χ2v) is 5.16. The standard InChI is InChI=1S/C16H16F2N2/c17-14-5-3-11(8-15(14)18)10-20-7-1-2-12-9-13(19)4-6-16(12)20/h3-6,8-9H,1-2,7,10,19H2. The van der Waals surface area contributed by atoms with Crippen LogP contribution in [-0.4, -0.2) is 6.54 Å². The molecule has 3 rings (SSSR count). The molecule has 0 aromatic heterocycles. The first-order valence-corrected chi connectivity index (χ1v) is 6.71. The molecule has 104 valence electrons. The van der Waals surface area contributed by atoms with Gasteiger partial charge in [0.05, 0.1) is 0 Å². The van der Waals surface area contributed by atoms with Crippen LogP contribution in [0.1, 0.15) is 17.5 Å². The molecule has 2 aromatic carbocycles. The van der Waals surface area contributed by atoms with Crippen LogP contribution in [0.3, 0.4) is 0 Å². The van der Waals surface area contributed by atoms with Gasteiger partial charge < -0.3 is 10.6 Å². The molecule has 4 heteroatoms. The topological polar surface area (TPSA) is 29.3 Å². The van der Waals surface area contributed by atoms with Gasteiger partial charge in [-0.05, 0) is 54.3 Å². The number of nitrogen functional groups attached to an aromatic ring is 1. The third kappa shape index (κ3) is 2.46. The highest BCUT2D eigenvalue weighted by atomic mass is 19.2. The zero-order valence-corrected chi connectivity index (χ0v) is 11.1. The first-order chi connectivity index (χ1) is 9.63. The quantitative estimate of drug-likeness (QED) is 0.849. The molecule has 20 heavy (non-hydrogen) atoms. The van der Waals surface area contributed by atoms with Crippen LogP contribution in [0.2, 0.25) is 0 Å². The molecule has 0 saturated carbocycles. The van der Waals surface area contributed by atoms with Crippen molar-refractivity contribution < 1.29 is 8.78 Å². The number of benzene rings is 2. The Morgan fingerprint density at radius 3 is 2.70 bits per heavy atom. The maximum atomic E-state index is 13.3. The molecule has 0 radical (unpaired) electrons. The minimum Gasteiger partial charge on any atom is -0.399 e. The van der Waals surface area contributed by atoms with Crippen LogP contribution in [0.15, 0.2) is 36.4 Å². The summed E-state index contributed by atoms with van der Waals surface area (Å²) in [6, 6.07) is 9.95. The van der Waals surface area contributed by atoms with Crippen molar-refractivity contribution in [1.29, 1.82) is 0 Å².